The minimum atomic E-state index is -3.88. The van der Waals surface area contributed by atoms with Gasteiger partial charge in [0, 0.05) is 37.2 Å². The number of pyridine rings is 1. The molecule has 11 heteroatoms. The molecular formula is C19H18ClN5O4S. The maximum absolute atomic E-state index is 12.7. The highest BCUT2D eigenvalue weighted by Gasteiger charge is 2.21. The molecule has 0 aliphatic carbocycles. The number of halogens is 1. The van der Waals surface area contributed by atoms with E-state index in [4.69, 9.17) is 22.1 Å². The average molecular weight is 448 g/mol. The Morgan fingerprint density at radius 3 is 2.77 bits per heavy atom. The topological polar surface area (TPSA) is 137 Å². The molecule has 2 aromatic heterocycles. The van der Waals surface area contributed by atoms with Crippen LogP contribution >= 0.6 is 11.6 Å². The fourth-order valence-corrected chi connectivity index (χ4v) is 4.10. The number of nitrogens with two attached hydrogens (primary N) is 1. The fraction of sp³-hybridized carbons (Fsp3) is 0.158. The maximum atomic E-state index is 12.7. The number of carbonyl (C=O) groups excluding carboxylic acids is 1. The molecule has 0 saturated carbocycles. The summed E-state index contributed by atoms with van der Waals surface area (Å²) in [5.74, 6) is -0.492. The number of carbonyl (C=O) groups is 1. The van der Waals surface area contributed by atoms with Crippen LogP contribution in [0.2, 0.25) is 5.02 Å². The third kappa shape index (κ3) is 4.79. The molecule has 0 amide bonds. The minimum absolute atomic E-state index is 0.0405. The molecule has 0 fully saturated rings. The van der Waals surface area contributed by atoms with Crippen molar-refractivity contribution in [3.8, 4) is 11.3 Å². The van der Waals surface area contributed by atoms with Crippen molar-refractivity contribution in [1.29, 1.82) is 0 Å². The summed E-state index contributed by atoms with van der Waals surface area (Å²) in [4.78, 5) is 24.8. The minimum Gasteiger partial charge on any atom is -0.383 e. The molecule has 2 heterocycles. The molecular weight excluding hydrogens is 430 g/mol. The van der Waals surface area contributed by atoms with E-state index in [1.54, 1.807) is 24.4 Å². The smallest absolute Gasteiger partial charge is 0.242 e. The first kappa shape index (κ1) is 21.8. The Bertz CT molecular complexity index is 1170. The molecule has 0 aliphatic rings. The van der Waals surface area contributed by atoms with Gasteiger partial charge in [0.1, 0.15) is 4.90 Å². The van der Waals surface area contributed by atoms with E-state index in [1.807, 2.05) is 0 Å². The maximum Gasteiger partial charge on any atom is 0.242 e. The third-order valence-corrected chi connectivity index (χ3v) is 6.00. The predicted molar refractivity (Wildman–Crippen MR) is 112 cm³/mol. The van der Waals surface area contributed by atoms with Crippen LogP contribution in [0.5, 0.6) is 0 Å². The van der Waals surface area contributed by atoms with Gasteiger partial charge in [-0.25, -0.2) is 23.1 Å². The standard InChI is InChI=1S/C19H18ClN5O4S/c1-29-8-7-24-30(27,28)16-9-12(4-5-14(16)20)15-11-23-19(21)17(25-15)18(26)13-3-2-6-22-10-13/h2-6,9-11,24H,7-8H2,1H3,(H2,21,23). The second kappa shape index (κ2) is 9.26. The van der Waals surface area contributed by atoms with Crippen molar-refractivity contribution >= 4 is 33.2 Å². The van der Waals surface area contributed by atoms with Crippen LogP contribution in [-0.2, 0) is 14.8 Å². The second-order valence-corrected chi connectivity index (χ2v) is 8.24. The highest BCUT2D eigenvalue weighted by molar-refractivity contribution is 7.89. The molecule has 0 atom stereocenters. The van der Waals surface area contributed by atoms with E-state index in [0.717, 1.165) is 0 Å². The van der Waals surface area contributed by atoms with Crippen molar-refractivity contribution in [3.63, 3.8) is 0 Å². The lowest BCUT2D eigenvalue weighted by atomic mass is 10.1. The van der Waals surface area contributed by atoms with Gasteiger partial charge >= 0.3 is 0 Å². The van der Waals surface area contributed by atoms with Crippen molar-refractivity contribution in [1.82, 2.24) is 19.7 Å². The molecule has 1 aromatic carbocycles. The average Bonchev–Trinajstić information content (AvgIpc) is 2.74. The van der Waals surface area contributed by atoms with Crippen LogP contribution in [0, 0.1) is 0 Å². The lowest BCUT2D eigenvalue weighted by molar-refractivity contribution is 0.103. The molecule has 0 aliphatic heterocycles. The number of methoxy groups -OCH3 is 1. The van der Waals surface area contributed by atoms with Crippen molar-refractivity contribution < 1.29 is 17.9 Å². The molecule has 0 saturated heterocycles. The number of nitrogens with zero attached hydrogens (tertiary/aromatic N) is 3. The van der Waals surface area contributed by atoms with Gasteiger partial charge in [-0.1, -0.05) is 17.7 Å². The highest BCUT2D eigenvalue weighted by Crippen LogP contribution is 2.28. The zero-order valence-electron chi connectivity index (χ0n) is 15.9. The quantitative estimate of drug-likeness (QED) is 0.394. The van der Waals surface area contributed by atoms with E-state index in [9.17, 15) is 13.2 Å². The second-order valence-electron chi connectivity index (χ2n) is 6.10. The monoisotopic (exact) mass is 447 g/mol. The Labute approximate surface area is 178 Å². The number of ether oxygens (including phenoxy) is 1. The van der Waals surface area contributed by atoms with Crippen LogP contribution in [0.3, 0.4) is 0 Å². The van der Waals surface area contributed by atoms with Crippen LogP contribution in [0.4, 0.5) is 5.82 Å². The molecule has 3 aromatic rings. The number of hydrogen-bond donors (Lipinski definition) is 2. The predicted octanol–water partition coefficient (Wildman–Crippen LogP) is 1.93. The van der Waals surface area contributed by atoms with Gasteiger partial charge < -0.3 is 10.5 Å². The molecule has 30 heavy (non-hydrogen) atoms. The molecule has 9 nitrogen and oxygen atoms in total. The highest BCUT2D eigenvalue weighted by atomic mass is 35.5. The Morgan fingerprint density at radius 1 is 1.27 bits per heavy atom. The molecule has 3 N–H and O–H groups in total. The lowest BCUT2D eigenvalue weighted by Crippen LogP contribution is -2.27. The van der Waals surface area contributed by atoms with Gasteiger partial charge in [-0.2, -0.15) is 0 Å². The zero-order valence-corrected chi connectivity index (χ0v) is 17.4. The molecule has 0 radical (unpaired) electrons. The van der Waals surface area contributed by atoms with Crippen molar-refractivity contribution in [2.45, 2.75) is 4.90 Å². The molecule has 0 spiro atoms. The van der Waals surface area contributed by atoms with E-state index in [1.165, 1.54) is 31.6 Å². The summed E-state index contributed by atoms with van der Waals surface area (Å²) in [5.41, 5.74) is 6.76. The SMILES string of the molecule is COCCNS(=O)(=O)c1cc(-c2cnc(N)c(C(=O)c3cccnc3)n2)ccc1Cl. The normalized spacial score (nSPS) is 11.4. The van der Waals surface area contributed by atoms with Gasteiger partial charge in [0.05, 0.1) is 23.5 Å². The van der Waals surface area contributed by atoms with Crippen molar-refractivity contribution in [3.05, 3.63) is 65.2 Å². The van der Waals surface area contributed by atoms with E-state index in [2.05, 4.69) is 19.7 Å². The zero-order chi connectivity index (χ0) is 21.7. The van der Waals surface area contributed by atoms with Crippen molar-refractivity contribution in [2.24, 2.45) is 0 Å². The molecule has 3 rings (SSSR count). The number of aromatic nitrogens is 3. The largest absolute Gasteiger partial charge is 0.383 e. The lowest BCUT2D eigenvalue weighted by Gasteiger charge is -2.11. The van der Waals surface area contributed by atoms with E-state index in [0.29, 0.717) is 11.1 Å². The van der Waals surface area contributed by atoms with E-state index in [-0.39, 0.29) is 40.3 Å². The van der Waals surface area contributed by atoms with Gasteiger partial charge in [-0.05, 0) is 24.3 Å². The van der Waals surface area contributed by atoms with Crippen LogP contribution < -0.4 is 10.5 Å². The summed E-state index contributed by atoms with van der Waals surface area (Å²) in [6.07, 6.45) is 4.29. The molecule has 0 bridgehead atoms. The number of benzene rings is 1. The summed E-state index contributed by atoms with van der Waals surface area (Å²) in [6, 6.07) is 7.57. The van der Waals surface area contributed by atoms with Gasteiger partial charge in [0.25, 0.3) is 0 Å². The number of rotatable bonds is 8. The number of nitrogen functional groups attached to an aromatic ring is 1. The third-order valence-electron chi connectivity index (χ3n) is 4.05. The first-order valence-electron chi connectivity index (χ1n) is 8.69. The number of ketones is 1. The number of nitrogens with one attached hydrogen (secondary N) is 1. The van der Waals surface area contributed by atoms with Crippen LogP contribution in [0.1, 0.15) is 16.1 Å². The Hall–Kier alpha value is -2.92. The first-order chi connectivity index (χ1) is 14.3. The van der Waals surface area contributed by atoms with Gasteiger partial charge in [0.15, 0.2) is 11.5 Å². The summed E-state index contributed by atoms with van der Waals surface area (Å²) in [6.45, 7) is 0.296. The summed E-state index contributed by atoms with van der Waals surface area (Å²) < 4.78 is 32.4. The van der Waals surface area contributed by atoms with Gasteiger partial charge in [-0.15, -0.1) is 0 Å². The van der Waals surface area contributed by atoms with Gasteiger partial charge in [-0.3, -0.25) is 9.78 Å². The Balaban J connectivity index is 2.00. The summed E-state index contributed by atoms with van der Waals surface area (Å²) in [5, 5.41) is 0.0405. The number of sulfonamides is 1. The van der Waals surface area contributed by atoms with Crippen LogP contribution in [0.25, 0.3) is 11.3 Å². The van der Waals surface area contributed by atoms with E-state index >= 15 is 0 Å². The van der Waals surface area contributed by atoms with Crippen molar-refractivity contribution in [2.75, 3.05) is 26.0 Å². The fourth-order valence-electron chi connectivity index (χ4n) is 2.56. The summed E-state index contributed by atoms with van der Waals surface area (Å²) >= 11 is 6.10. The van der Waals surface area contributed by atoms with E-state index < -0.39 is 15.8 Å². The van der Waals surface area contributed by atoms with Crippen LogP contribution in [-0.4, -0.2) is 49.4 Å². The molecule has 156 valence electrons. The van der Waals surface area contributed by atoms with Crippen LogP contribution in [0.15, 0.2) is 53.8 Å². The number of anilines is 1. The van der Waals surface area contributed by atoms with Gasteiger partial charge in [0.2, 0.25) is 15.8 Å². The first-order valence-corrected chi connectivity index (χ1v) is 10.6. The Kier molecular flexibility index (Phi) is 6.73. The number of hydrogen-bond acceptors (Lipinski definition) is 8. The summed E-state index contributed by atoms with van der Waals surface area (Å²) in [7, 11) is -2.42. The molecule has 0 unspecified atom stereocenters. The Morgan fingerprint density at radius 2 is 2.07 bits per heavy atom.